The van der Waals surface area contributed by atoms with Gasteiger partial charge in [-0.15, -0.1) is 11.3 Å². The number of sulfonamides is 1. The molecule has 0 atom stereocenters. The summed E-state index contributed by atoms with van der Waals surface area (Å²) >= 11 is 12.5. The number of aromatic nitrogens is 2. The average Bonchev–Trinajstić information content (AvgIpc) is 3.48. The molecule has 2 aromatic heterocycles. The Labute approximate surface area is 234 Å². The van der Waals surface area contributed by atoms with E-state index in [1.165, 1.54) is 23.8 Å². The van der Waals surface area contributed by atoms with Gasteiger partial charge in [0.05, 0.1) is 23.0 Å². The molecule has 202 valence electrons. The molecule has 5 rings (SSSR count). The Morgan fingerprint density at radius 1 is 1.18 bits per heavy atom. The Balaban J connectivity index is 1.22. The summed E-state index contributed by atoms with van der Waals surface area (Å²) in [4.78, 5) is 14.6. The van der Waals surface area contributed by atoms with Crippen LogP contribution >= 0.6 is 34.5 Å². The van der Waals surface area contributed by atoms with Crippen molar-refractivity contribution in [3.8, 4) is 0 Å². The predicted octanol–water partition coefficient (Wildman–Crippen LogP) is 5.64. The van der Waals surface area contributed by atoms with Crippen LogP contribution in [-0.2, 0) is 16.4 Å². The number of rotatable bonds is 6. The van der Waals surface area contributed by atoms with Crippen LogP contribution in [0.15, 0.2) is 46.8 Å². The van der Waals surface area contributed by atoms with Crippen LogP contribution in [0, 0.1) is 5.82 Å². The van der Waals surface area contributed by atoms with Gasteiger partial charge in [-0.2, -0.15) is 5.10 Å². The van der Waals surface area contributed by atoms with Gasteiger partial charge in [0.25, 0.3) is 10.0 Å². The van der Waals surface area contributed by atoms with Gasteiger partial charge in [-0.25, -0.2) is 22.3 Å². The fourth-order valence-corrected chi connectivity index (χ4v) is 7.76. The largest absolute Gasteiger partial charge is 0.371 e. The number of thiophene rings is 1. The number of carbonyl (C=O) groups excluding carboxylic acids is 1. The number of amides is 2. The molecular formula is C25H26Cl2FN5O3S2. The van der Waals surface area contributed by atoms with E-state index in [1.54, 1.807) is 0 Å². The highest BCUT2D eigenvalue weighted by atomic mass is 35.5. The third-order valence-electron chi connectivity index (χ3n) is 6.80. The van der Waals surface area contributed by atoms with Crippen molar-refractivity contribution in [2.45, 2.75) is 42.4 Å². The zero-order valence-electron chi connectivity index (χ0n) is 20.3. The maximum absolute atomic E-state index is 13.3. The number of benzene rings is 1. The zero-order chi connectivity index (χ0) is 26.9. The quantitative estimate of drug-likeness (QED) is 0.383. The number of halogens is 3. The van der Waals surface area contributed by atoms with E-state index in [2.05, 4.69) is 14.9 Å². The number of allylic oxidation sites excluding steroid dienone is 1. The van der Waals surface area contributed by atoms with Crippen molar-refractivity contribution in [3.05, 3.63) is 69.0 Å². The minimum Gasteiger partial charge on any atom is -0.371 e. The number of anilines is 1. The van der Waals surface area contributed by atoms with Gasteiger partial charge in [0.2, 0.25) is 0 Å². The molecule has 1 saturated heterocycles. The molecular weight excluding hydrogens is 572 g/mol. The molecule has 38 heavy (non-hydrogen) atoms. The molecule has 0 saturated carbocycles. The summed E-state index contributed by atoms with van der Waals surface area (Å²) in [7, 11) is -4.07. The van der Waals surface area contributed by atoms with Crippen LogP contribution in [0.25, 0.3) is 5.57 Å². The fourth-order valence-electron chi connectivity index (χ4n) is 4.95. The van der Waals surface area contributed by atoms with Crippen LogP contribution < -0.4 is 14.9 Å². The van der Waals surface area contributed by atoms with E-state index in [-0.39, 0.29) is 32.0 Å². The molecule has 2 amide bonds. The normalized spacial score (nSPS) is 17.4. The lowest BCUT2D eigenvalue weighted by atomic mass is 9.92. The van der Waals surface area contributed by atoms with Crippen molar-refractivity contribution >= 4 is 61.9 Å². The van der Waals surface area contributed by atoms with E-state index in [1.807, 2.05) is 29.1 Å². The lowest BCUT2D eigenvalue weighted by Crippen LogP contribution is -2.39. The summed E-state index contributed by atoms with van der Waals surface area (Å²) in [6.45, 7) is 1.86. The summed E-state index contributed by atoms with van der Waals surface area (Å²) in [6.07, 6.45) is 8.45. The molecule has 2 aliphatic rings. The molecule has 3 heterocycles. The molecule has 2 N–H and O–H groups in total. The fraction of sp³-hybridized carbons (Fsp3) is 0.360. The van der Waals surface area contributed by atoms with Crippen LogP contribution in [0.3, 0.4) is 0 Å². The van der Waals surface area contributed by atoms with Crippen molar-refractivity contribution in [1.29, 1.82) is 0 Å². The predicted molar refractivity (Wildman–Crippen MR) is 148 cm³/mol. The number of fused-ring (bicyclic) bond motifs is 1. The van der Waals surface area contributed by atoms with Crippen molar-refractivity contribution in [2.75, 3.05) is 24.5 Å². The van der Waals surface area contributed by atoms with Crippen LogP contribution in [0.1, 0.15) is 43.0 Å². The van der Waals surface area contributed by atoms with Crippen molar-refractivity contribution in [1.82, 2.24) is 19.8 Å². The Morgan fingerprint density at radius 3 is 2.61 bits per heavy atom. The maximum atomic E-state index is 13.3. The molecule has 0 unspecified atom stereocenters. The molecule has 1 fully saturated rings. The van der Waals surface area contributed by atoms with E-state index in [0.717, 1.165) is 73.5 Å². The van der Waals surface area contributed by atoms with Gasteiger partial charge in [-0.05, 0) is 73.6 Å². The SMILES string of the molecule is O=C(NC/C=C1\CCCc2cnn(C3CCN(c4ccc(F)cc4)CC3)c21)NS(=O)(=O)c1cc(Cl)c(Cl)s1. The van der Waals surface area contributed by atoms with E-state index < -0.39 is 16.1 Å². The van der Waals surface area contributed by atoms with Gasteiger partial charge in [-0.3, -0.25) is 4.68 Å². The minimum atomic E-state index is -4.07. The smallest absolute Gasteiger partial charge is 0.328 e. The average molecular weight is 599 g/mol. The first-order valence-corrected chi connectivity index (χ1v) is 15.3. The lowest BCUT2D eigenvalue weighted by Gasteiger charge is -2.35. The van der Waals surface area contributed by atoms with Crippen LogP contribution in [0.4, 0.5) is 14.9 Å². The monoisotopic (exact) mass is 597 g/mol. The molecule has 0 radical (unpaired) electrons. The highest BCUT2D eigenvalue weighted by Crippen LogP contribution is 2.36. The molecule has 3 aromatic rings. The van der Waals surface area contributed by atoms with Crippen molar-refractivity contribution in [2.24, 2.45) is 0 Å². The van der Waals surface area contributed by atoms with E-state index in [4.69, 9.17) is 28.3 Å². The third kappa shape index (κ3) is 5.85. The minimum absolute atomic E-state index is 0.119. The number of hydrogen-bond acceptors (Lipinski definition) is 6. The van der Waals surface area contributed by atoms with Crippen LogP contribution in [-0.4, -0.2) is 43.9 Å². The van der Waals surface area contributed by atoms with Gasteiger partial charge < -0.3 is 10.2 Å². The molecule has 13 heteroatoms. The Bertz CT molecular complexity index is 1440. The first-order chi connectivity index (χ1) is 18.2. The number of hydrogen-bond donors (Lipinski definition) is 2. The Morgan fingerprint density at radius 2 is 1.92 bits per heavy atom. The van der Waals surface area contributed by atoms with E-state index >= 15 is 0 Å². The maximum Gasteiger partial charge on any atom is 0.328 e. The topological polar surface area (TPSA) is 96.3 Å². The first-order valence-electron chi connectivity index (χ1n) is 12.2. The summed E-state index contributed by atoms with van der Waals surface area (Å²) in [5.41, 5.74) is 4.38. The highest BCUT2D eigenvalue weighted by Gasteiger charge is 2.27. The van der Waals surface area contributed by atoms with Crippen LogP contribution in [0.2, 0.25) is 9.36 Å². The van der Waals surface area contributed by atoms with Crippen LogP contribution in [0.5, 0.6) is 0 Å². The molecule has 1 aliphatic heterocycles. The van der Waals surface area contributed by atoms with Gasteiger partial charge in [-0.1, -0.05) is 29.3 Å². The third-order valence-corrected chi connectivity index (χ3v) is 10.5. The second-order valence-corrected chi connectivity index (χ2v) is 13.2. The molecule has 8 nitrogen and oxygen atoms in total. The molecule has 0 spiro atoms. The second-order valence-electron chi connectivity index (χ2n) is 9.24. The summed E-state index contributed by atoms with van der Waals surface area (Å²) in [5, 5.41) is 7.44. The molecule has 0 bridgehead atoms. The number of nitrogens with one attached hydrogen (secondary N) is 2. The van der Waals surface area contributed by atoms with Gasteiger partial charge in [0, 0.05) is 25.3 Å². The molecule has 1 aliphatic carbocycles. The van der Waals surface area contributed by atoms with Gasteiger partial charge in [0.15, 0.2) is 0 Å². The first kappa shape index (κ1) is 27.0. The Hall–Kier alpha value is -2.60. The second kappa shape index (κ2) is 11.3. The summed E-state index contributed by atoms with van der Waals surface area (Å²) < 4.78 is 42.2. The Kier molecular flexibility index (Phi) is 7.99. The van der Waals surface area contributed by atoms with E-state index in [0.29, 0.717) is 0 Å². The van der Waals surface area contributed by atoms with Crippen molar-refractivity contribution in [3.63, 3.8) is 0 Å². The van der Waals surface area contributed by atoms with E-state index in [9.17, 15) is 17.6 Å². The van der Waals surface area contributed by atoms with Crippen molar-refractivity contribution < 1.29 is 17.6 Å². The summed E-state index contributed by atoms with van der Waals surface area (Å²) in [6, 6.07) is 7.21. The number of nitrogens with zero attached hydrogens (tertiary/aromatic N) is 3. The highest BCUT2D eigenvalue weighted by molar-refractivity contribution is 7.92. The number of carbonyl (C=O) groups is 1. The number of piperidine rings is 1. The number of aryl methyl sites for hydroxylation is 1. The standard InChI is InChI=1S/C25H26Cl2FN5O3S2/c26-21-14-22(37-24(21)27)38(35,36)31-25(34)29-11-8-16-2-1-3-17-15-30-33(23(16)17)20-9-12-32(13-10-20)19-6-4-18(28)5-7-19/h4-8,14-15,20H,1-3,9-13H2,(H2,29,31,34)/b16-8+. The zero-order valence-corrected chi connectivity index (χ0v) is 23.4. The number of urea groups is 1. The molecule has 1 aromatic carbocycles. The van der Waals surface area contributed by atoms with Gasteiger partial charge >= 0.3 is 6.03 Å². The summed E-state index contributed by atoms with van der Waals surface area (Å²) in [5.74, 6) is -0.239. The lowest BCUT2D eigenvalue weighted by molar-refractivity contribution is 0.247. The van der Waals surface area contributed by atoms with Gasteiger partial charge in [0.1, 0.15) is 14.4 Å².